The van der Waals surface area contributed by atoms with Crippen LogP contribution in [0.3, 0.4) is 0 Å². The third kappa shape index (κ3) is 3.26. The summed E-state index contributed by atoms with van der Waals surface area (Å²) in [5, 5.41) is 2.67. The van der Waals surface area contributed by atoms with E-state index in [0.717, 1.165) is 5.56 Å². The van der Waals surface area contributed by atoms with Gasteiger partial charge in [0.1, 0.15) is 18.2 Å². The quantitative estimate of drug-likeness (QED) is 0.813. The Labute approximate surface area is 144 Å². The molecular weight excluding hydrogens is 322 g/mol. The third-order valence-corrected chi connectivity index (χ3v) is 4.02. The molecule has 7 heteroatoms. The van der Waals surface area contributed by atoms with Crippen LogP contribution < -0.4 is 20.3 Å². The molecule has 0 fully saturated rings. The average molecular weight is 341 g/mol. The second kappa shape index (κ2) is 6.80. The van der Waals surface area contributed by atoms with Crippen molar-refractivity contribution in [2.75, 3.05) is 19.0 Å². The fourth-order valence-electron chi connectivity index (χ4n) is 2.94. The molecule has 130 valence electrons. The largest absolute Gasteiger partial charge is 0.493 e. The summed E-state index contributed by atoms with van der Waals surface area (Å²) >= 11 is 0. The number of rotatable bonds is 5. The molecule has 1 atom stereocenters. The van der Waals surface area contributed by atoms with Crippen LogP contribution in [0.1, 0.15) is 29.3 Å². The Morgan fingerprint density at radius 2 is 2.16 bits per heavy atom. The number of anilines is 1. The molecule has 1 aromatic carbocycles. The zero-order valence-electron chi connectivity index (χ0n) is 14.1. The number of hydrogen-bond acceptors (Lipinski definition) is 5. The maximum Gasteiger partial charge on any atom is 0.256 e. The highest BCUT2D eigenvalue weighted by Crippen LogP contribution is 2.37. The molecule has 1 aliphatic heterocycles. The van der Waals surface area contributed by atoms with Crippen molar-refractivity contribution in [3.8, 4) is 11.5 Å². The number of carbonyl (C=O) groups excluding carboxylic acids is 1. The first-order valence-corrected chi connectivity index (χ1v) is 7.85. The lowest BCUT2D eigenvalue weighted by molar-refractivity contribution is -0.116. The van der Waals surface area contributed by atoms with Crippen molar-refractivity contribution < 1.29 is 14.3 Å². The van der Waals surface area contributed by atoms with Gasteiger partial charge in [-0.25, -0.2) is 4.98 Å². The van der Waals surface area contributed by atoms with E-state index < -0.39 is 5.92 Å². The molecule has 0 aliphatic carbocycles. The summed E-state index contributed by atoms with van der Waals surface area (Å²) in [4.78, 5) is 31.4. The van der Waals surface area contributed by atoms with E-state index in [-0.39, 0.29) is 17.9 Å². The molecule has 1 amide bonds. The van der Waals surface area contributed by atoms with Gasteiger partial charge in [0, 0.05) is 12.3 Å². The Hall–Kier alpha value is -3.09. The summed E-state index contributed by atoms with van der Waals surface area (Å²) in [5.74, 6) is 1.29. The van der Waals surface area contributed by atoms with Crippen LogP contribution in [0.15, 0.2) is 35.6 Å². The molecule has 25 heavy (non-hydrogen) atoms. The van der Waals surface area contributed by atoms with Crippen LogP contribution in [0.2, 0.25) is 0 Å². The predicted octanol–water partition coefficient (Wildman–Crippen LogP) is 2.13. The molecule has 0 unspecified atom stereocenters. The van der Waals surface area contributed by atoms with E-state index in [1.165, 1.54) is 0 Å². The smallest absolute Gasteiger partial charge is 0.256 e. The number of nitrogens with one attached hydrogen (secondary N) is 2. The van der Waals surface area contributed by atoms with Crippen molar-refractivity contribution in [2.24, 2.45) is 0 Å². The van der Waals surface area contributed by atoms with Crippen molar-refractivity contribution in [2.45, 2.75) is 19.3 Å². The summed E-state index contributed by atoms with van der Waals surface area (Å²) < 4.78 is 10.9. The van der Waals surface area contributed by atoms with E-state index in [4.69, 9.17) is 9.47 Å². The minimum Gasteiger partial charge on any atom is -0.493 e. The van der Waals surface area contributed by atoms with Crippen LogP contribution in [0.25, 0.3) is 0 Å². The summed E-state index contributed by atoms with van der Waals surface area (Å²) in [5.41, 5.74) is 0.987. The van der Waals surface area contributed by atoms with Crippen molar-refractivity contribution in [1.82, 2.24) is 9.97 Å². The molecule has 2 aromatic rings. The molecule has 7 nitrogen and oxygen atoms in total. The molecule has 3 rings (SSSR count). The number of aryl methyl sites for hydroxylation is 1. The van der Waals surface area contributed by atoms with Crippen LogP contribution in [0, 0.1) is 6.92 Å². The first kappa shape index (κ1) is 16.8. The number of hydrogen-bond donors (Lipinski definition) is 2. The lowest BCUT2D eigenvalue weighted by atomic mass is 9.86. The molecule has 0 saturated carbocycles. The summed E-state index contributed by atoms with van der Waals surface area (Å²) in [6, 6.07) is 5.37. The van der Waals surface area contributed by atoms with Crippen LogP contribution >= 0.6 is 0 Å². The van der Waals surface area contributed by atoms with Gasteiger partial charge in [0.15, 0.2) is 11.5 Å². The van der Waals surface area contributed by atoms with Gasteiger partial charge >= 0.3 is 0 Å². The normalized spacial score (nSPS) is 15.9. The number of nitrogens with zero attached hydrogens (tertiary/aromatic N) is 1. The SMILES string of the molecule is C=CCOc1ccc([C@@H]2CC(=O)Nc3nc(C)[nH]c(=O)c32)cc1OC. The number of carbonyl (C=O) groups is 1. The van der Waals surface area contributed by atoms with Crippen molar-refractivity contribution >= 4 is 11.7 Å². The highest BCUT2D eigenvalue weighted by atomic mass is 16.5. The molecule has 1 aliphatic rings. The topological polar surface area (TPSA) is 93.3 Å². The van der Waals surface area contributed by atoms with Crippen molar-refractivity contribution in [1.29, 1.82) is 0 Å². The third-order valence-electron chi connectivity index (χ3n) is 4.02. The summed E-state index contributed by atoms with van der Waals surface area (Å²) in [7, 11) is 1.54. The van der Waals surface area contributed by atoms with Crippen molar-refractivity contribution in [3.05, 3.63) is 58.2 Å². The van der Waals surface area contributed by atoms with Gasteiger partial charge in [-0.2, -0.15) is 0 Å². The van der Waals surface area contributed by atoms with E-state index in [9.17, 15) is 9.59 Å². The summed E-state index contributed by atoms with van der Waals surface area (Å²) in [6.07, 6.45) is 1.81. The lowest BCUT2D eigenvalue weighted by Gasteiger charge is -2.25. The molecule has 0 saturated heterocycles. The van der Waals surface area contributed by atoms with Gasteiger partial charge in [0.25, 0.3) is 5.56 Å². The first-order valence-electron chi connectivity index (χ1n) is 7.85. The Morgan fingerprint density at radius 3 is 2.88 bits per heavy atom. The van der Waals surface area contributed by atoms with Gasteiger partial charge < -0.3 is 19.8 Å². The second-order valence-corrected chi connectivity index (χ2v) is 5.73. The van der Waals surface area contributed by atoms with Crippen LogP contribution in [-0.2, 0) is 4.79 Å². The average Bonchev–Trinajstić information content (AvgIpc) is 2.58. The van der Waals surface area contributed by atoms with Gasteiger partial charge in [0.2, 0.25) is 5.91 Å². The zero-order valence-corrected chi connectivity index (χ0v) is 14.1. The Bertz CT molecular complexity index is 888. The molecular formula is C18H19N3O4. The minimum absolute atomic E-state index is 0.164. The van der Waals surface area contributed by atoms with E-state index >= 15 is 0 Å². The molecule has 0 bridgehead atoms. The number of aromatic nitrogens is 2. The fourth-order valence-corrected chi connectivity index (χ4v) is 2.94. The van der Waals surface area contributed by atoms with E-state index in [1.54, 1.807) is 32.2 Å². The highest BCUT2D eigenvalue weighted by Gasteiger charge is 2.31. The second-order valence-electron chi connectivity index (χ2n) is 5.73. The number of ether oxygens (including phenoxy) is 2. The lowest BCUT2D eigenvalue weighted by Crippen LogP contribution is -2.31. The van der Waals surface area contributed by atoms with Crippen LogP contribution in [-0.4, -0.2) is 29.6 Å². The Morgan fingerprint density at radius 1 is 1.36 bits per heavy atom. The van der Waals surface area contributed by atoms with Gasteiger partial charge in [0.05, 0.1) is 12.7 Å². The standard InChI is InChI=1S/C18H19N3O4/c1-4-7-25-13-6-5-11(8-14(13)24-3)12-9-15(22)21-17-16(12)18(23)20-10(2)19-17/h4-6,8,12H,1,7,9H2,2-3H3,(H2,19,20,21,22,23)/t12-/m0/s1. The molecule has 0 radical (unpaired) electrons. The Balaban J connectivity index is 2.07. The van der Waals surface area contributed by atoms with E-state index in [1.807, 2.05) is 6.07 Å². The number of amides is 1. The van der Waals surface area contributed by atoms with Gasteiger partial charge in [-0.05, 0) is 24.6 Å². The molecule has 1 aromatic heterocycles. The van der Waals surface area contributed by atoms with Crippen LogP contribution in [0.5, 0.6) is 11.5 Å². The van der Waals surface area contributed by atoms with Crippen molar-refractivity contribution in [3.63, 3.8) is 0 Å². The maximum atomic E-state index is 12.4. The molecule has 0 spiro atoms. The molecule has 2 N–H and O–H groups in total. The summed E-state index contributed by atoms with van der Waals surface area (Å²) in [6.45, 7) is 5.64. The minimum atomic E-state index is -0.400. The predicted molar refractivity (Wildman–Crippen MR) is 93.4 cm³/mol. The Kier molecular flexibility index (Phi) is 4.56. The number of methoxy groups -OCH3 is 1. The number of aromatic amines is 1. The van der Waals surface area contributed by atoms with Gasteiger partial charge in [-0.1, -0.05) is 18.7 Å². The monoisotopic (exact) mass is 341 g/mol. The maximum absolute atomic E-state index is 12.4. The van der Waals surface area contributed by atoms with Gasteiger partial charge in [-0.15, -0.1) is 0 Å². The molecule has 2 heterocycles. The van der Waals surface area contributed by atoms with E-state index in [0.29, 0.717) is 35.3 Å². The van der Waals surface area contributed by atoms with Crippen LogP contribution in [0.4, 0.5) is 5.82 Å². The first-order chi connectivity index (χ1) is 12.0. The highest BCUT2D eigenvalue weighted by molar-refractivity contribution is 5.94. The van der Waals surface area contributed by atoms with Gasteiger partial charge in [-0.3, -0.25) is 9.59 Å². The number of benzene rings is 1. The van der Waals surface area contributed by atoms with E-state index in [2.05, 4.69) is 21.9 Å². The zero-order chi connectivity index (χ0) is 18.0. The fraction of sp³-hybridized carbons (Fsp3) is 0.278. The number of H-pyrrole nitrogens is 1. The number of fused-ring (bicyclic) bond motifs is 1.